The highest BCUT2D eigenvalue weighted by molar-refractivity contribution is 7.99. The number of methoxy groups -OCH3 is 1. The maximum atomic E-state index is 5.76. The van der Waals surface area contributed by atoms with Crippen LogP contribution in [0.5, 0.6) is 5.75 Å². The molecule has 23 heavy (non-hydrogen) atoms. The van der Waals surface area contributed by atoms with Crippen LogP contribution in [-0.4, -0.2) is 36.4 Å². The predicted octanol–water partition coefficient (Wildman–Crippen LogP) is 1.25. The van der Waals surface area contributed by atoms with Crippen molar-refractivity contribution in [3.05, 3.63) is 23.3 Å². The standard InChI is InChI=1S/C18H28OS3.ClH/c1-19-17-11-16(14-22-9-5-6-10-22)18(20-2)12-15(17)13-21-7-3-4-8-21;/h11-12H,3-10,13-14H2,1-2H3;1H/q+2;/p-1. The van der Waals surface area contributed by atoms with Gasteiger partial charge in [0.1, 0.15) is 40.3 Å². The zero-order chi connectivity index (χ0) is 15.4. The zero-order valence-corrected chi connectivity index (χ0v) is 17.4. The summed E-state index contributed by atoms with van der Waals surface area (Å²) in [4.78, 5) is 1.50. The Morgan fingerprint density at radius 3 is 1.91 bits per heavy atom. The molecule has 1 nitrogen and oxygen atoms in total. The first-order chi connectivity index (χ1) is 10.8. The molecule has 0 N–H and O–H groups in total. The van der Waals surface area contributed by atoms with Gasteiger partial charge >= 0.3 is 0 Å². The fraction of sp³-hybridized carbons (Fsp3) is 0.667. The van der Waals surface area contributed by atoms with E-state index in [1.807, 2.05) is 18.9 Å². The Kier molecular flexibility index (Phi) is 8.34. The maximum Gasteiger partial charge on any atom is 0.136 e. The quantitative estimate of drug-likeness (QED) is 0.533. The molecule has 0 radical (unpaired) electrons. The number of thioether (sulfide) groups is 1. The van der Waals surface area contributed by atoms with Crippen LogP contribution in [0.2, 0.25) is 0 Å². The van der Waals surface area contributed by atoms with Crippen LogP contribution in [0.4, 0.5) is 0 Å². The highest BCUT2D eigenvalue weighted by Gasteiger charge is 2.28. The minimum atomic E-state index is 0. The lowest BCUT2D eigenvalue weighted by Gasteiger charge is -2.14. The van der Waals surface area contributed by atoms with Crippen LogP contribution in [-0.2, 0) is 33.3 Å². The Bertz CT molecular complexity index is 452. The van der Waals surface area contributed by atoms with Crippen LogP contribution < -0.4 is 17.1 Å². The van der Waals surface area contributed by atoms with Crippen molar-refractivity contribution < 1.29 is 17.1 Å². The molecule has 0 amide bonds. The Morgan fingerprint density at radius 2 is 1.43 bits per heavy atom. The molecule has 1 aromatic carbocycles. The van der Waals surface area contributed by atoms with Gasteiger partial charge in [-0.15, -0.1) is 11.8 Å². The molecule has 0 atom stereocenters. The van der Waals surface area contributed by atoms with Crippen molar-refractivity contribution in [1.82, 2.24) is 0 Å². The van der Waals surface area contributed by atoms with Gasteiger partial charge in [-0.25, -0.2) is 0 Å². The van der Waals surface area contributed by atoms with Crippen molar-refractivity contribution in [2.24, 2.45) is 0 Å². The molecular formula is C18H28ClOS3+. The summed E-state index contributed by atoms with van der Waals surface area (Å²) < 4.78 is 5.76. The van der Waals surface area contributed by atoms with E-state index in [4.69, 9.17) is 4.74 Å². The van der Waals surface area contributed by atoms with Crippen molar-refractivity contribution in [3.8, 4) is 5.75 Å². The summed E-state index contributed by atoms with van der Waals surface area (Å²) in [5, 5.41) is 0. The Labute approximate surface area is 157 Å². The lowest BCUT2D eigenvalue weighted by atomic mass is 10.1. The third-order valence-corrected chi connectivity index (χ3v) is 10.4. The molecule has 2 saturated heterocycles. The summed E-state index contributed by atoms with van der Waals surface area (Å²) in [6.07, 6.45) is 7.97. The molecule has 0 bridgehead atoms. The summed E-state index contributed by atoms with van der Waals surface area (Å²) in [7, 11) is 3.07. The lowest BCUT2D eigenvalue weighted by molar-refractivity contribution is -0.00000489. The van der Waals surface area contributed by atoms with Crippen LogP contribution in [0.3, 0.4) is 0 Å². The summed E-state index contributed by atoms with van der Waals surface area (Å²) in [6, 6.07) is 4.81. The van der Waals surface area contributed by atoms with E-state index in [-0.39, 0.29) is 12.4 Å². The largest absolute Gasteiger partial charge is 1.00 e. The zero-order valence-electron chi connectivity index (χ0n) is 14.2. The van der Waals surface area contributed by atoms with Gasteiger partial charge in [0.05, 0.1) is 7.11 Å². The molecule has 0 saturated carbocycles. The van der Waals surface area contributed by atoms with E-state index in [2.05, 4.69) is 18.4 Å². The van der Waals surface area contributed by atoms with Gasteiger partial charge in [-0.1, -0.05) is 0 Å². The molecule has 2 heterocycles. The van der Waals surface area contributed by atoms with Crippen LogP contribution in [0, 0.1) is 0 Å². The monoisotopic (exact) mass is 391 g/mol. The van der Waals surface area contributed by atoms with E-state index in [1.165, 1.54) is 76.2 Å². The molecule has 2 fully saturated rings. The predicted molar refractivity (Wildman–Crippen MR) is 105 cm³/mol. The number of halogens is 1. The second-order valence-electron chi connectivity index (χ2n) is 6.22. The molecule has 0 unspecified atom stereocenters. The van der Waals surface area contributed by atoms with E-state index in [1.54, 1.807) is 0 Å². The summed E-state index contributed by atoms with van der Waals surface area (Å²) in [6.45, 7) is 0. The van der Waals surface area contributed by atoms with Gasteiger partial charge in [0.2, 0.25) is 0 Å². The summed E-state index contributed by atoms with van der Waals surface area (Å²) >= 11 is 1.92. The molecule has 0 spiro atoms. The van der Waals surface area contributed by atoms with Gasteiger partial charge in [0.25, 0.3) is 0 Å². The topological polar surface area (TPSA) is 9.23 Å². The molecule has 1 aromatic rings. The van der Waals surface area contributed by atoms with E-state index in [0.29, 0.717) is 21.8 Å². The van der Waals surface area contributed by atoms with Crippen LogP contribution in [0.1, 0.15) is 36.8 Å². The third kappa shape index (κ3) is 5.17. The number of ether oxygens (including phenoxy) is 1. The molecule has 5 heteroatoms. The smallest absolute Gasteiger partial charge is 0.136 e. The van der Waals surface area contributed by atoms with E-state index >= 15 is 0 Å². The Morgan fingerprint density at radius 1 is 0.913 bits per heavy atom. The number of hydrogen-bond acceptors (Lipinski definition) is 2. The second kappa shape index (κ2) is 9.74. The van der Waals surface area contributed by atoms with Crippen LogP contribution >= 0.6 is 11.8 Å². The average Bonchev–Trinajstić information content (AvgIpc) is 3.22. The fourth-order valence-electron chi connectivity index (χ4n) is 3.41. The van der Waals surface area contributed by atoms with Crippen molar-refractivity contribution in [1.29, 1.82) is 0 Å². The van der Waals surface area contributed by atoms with Crippen LogP contribution in [0.25, 0.3) is 0 Å². The molecular weight excluding hydrogens is 364 g/mol. The second-order valence-corrected chi connectivity index (χ2v) is 11.7. The summed E-state index contributed by atoms with van der Waals surface area (Å²) in [5.74, 6) is 9.42. The fourth-order valence-corrected chi connectivity index (χ4v) is 8.93. The SMILES string of the molecule is COc1cc(C[S+]2CCCC2)c(SC)cc1C[S+]1CCCC1.[Cl-]. The molecule has 3 rings (SSSR count). The highest BCUT2D eigenvalue weighted by Crippen LogP contribution is 2.34. The van der Waals surface area contributed by atoms with E-state index in [0.717, 1.165) is 5.75 Å². The average molecular weight is 392 g/mol. The van der Waals surface area contributed by atoms with Crippen molar-refractivity contribution >= 4 is 33.6 Å². The molecule has 130 valence electrons. The first-order valence-electron chi connectivity index (χ1n) is 8.32. The molecule has 2 aliphatic rings. The van der Waals surface area contributed by atoms with Crippen molar-refractivity contribution in [3.63, 3.8) is 0 Å². The Balaban J connectivity index is 0.00000192. The normalized spacial score (nSPS) is 19.0. The molecule has 0 aromatic heterocycles. The van der Waals surface area contributed by atoms with Gasteiger partial charge in [-0.3, -0.25) is 0 Å². The van der Waals surface area contributed by atoms with E-state index < -0.39 is 0 Å². The van der Waals surface area contributed by atoms with Crippen molar-refractivity contribution in [2.75, 3.05) is 36.4 Å². The maximum absolute atomic E-state index is 5.76. The van der Waals surface area contributed by atoms with Gasteiger partial charge < -0.3 is 17.1 Å². The molecule has 0 aliphatic carbocycles. The first-order valence-corrected chi connectivity index (χ1v) is 13.0. The minimum absolute atomic E-state index is 0. The highest BCUT2D eigenvalue weighted by atomic mass is 35.5. The van der Waals surface area contributed by atoms with Gasteiger partial charge in [0, 0.05) is 16.0 Å². The van der Waals surface area contributed by atoms with Gasteiger partial charge in [0.15, 0.2) is 0 Å². The van der Waals surface area contributed by atoms with Crippen molar-refractivity contribution in [2.45, 2.75) is 42.1 Å². The number of rotatable bonds is 6. The van der Waals surface area contributed by atoms with Gasteiger partial charge in [-0.2, -0.15) is 0 Å². The Hall–Kier alpha value is 0.360. The van der Waals surface area contributed by atoms with Crippen LogP contribution in [0.15, 0.2) is 17.0 Å². The first kappa shape index (κ1) is 19.7. The lowest BCUT2D eigenvalue weighted by Crippen LogP contribution is -3.00. The minimum Gasteiger partial charge on any atom is -1.00 e. The third-order valence-electron chi connectivity index (χ3n) is 4.63. The van der Waals surface area contributed by atoms with Gasteiger partial charge in [-0.05, 0) is 65.9 Å². The molecule has 2 aliphatic heterocycles. The number of benzene rings is 1. The van der Waals surface area contributed by atoms with E-state index in [9.17, 15) is 0 Å². The number of hydrogen-bond donors (Lipinski definition) is 0. The summed E-state index contributed by atoms with van der Waals surface area (Å²) in [5.41, 5.74) is 2.99.